The lowest BCUT2D eigenvalue weighted by molar-refractivity contribution is 0.657. The molecule has 1 heterocycles. The molecule has 0 aliphatic heterocycles. The van der Waals surface area contributed by atoms with Gasteiger partial charge in [-0.2, -0.15) is 0 Å². The van der Waals surface area contributed by atoms with Crippen LogP contribution in [-0.2, 0) is 0 Å². The molecule has 3 nitrogen and oxygen atoms in total. The maximum absolute atomic E-state index is 5.96. The highest BCUT2D eigenvalue weighted by atomic mass is 15.0. The normalized spacial score (nSPS) is 12.7. The minimum absolute atomic E-state index is 0.00355. The Kier molecular flexibility index (Phi) is 3.06. The van der Waals surface area contributed by atoms with Gasteiger partial charge in [0, 0.05) is 11.3 Å². The predicted molar refractivity (Wildman–Crippen MR) is 66.0 cm³/mol. The molecule has 3 heteroatoms. The second-order valence-corrected chi connectivity index (χ2v) is 3.98. The molecule has 16 heavy (non-hydrogen) atoms. The van der Waals surface area contributed by atoms with Gasteiger partial charge in [-0.15, -0.1) is 0 Å². The molecule has 2 rings (SSSR count). The van der Waals surface area contributed by atoms with Crippen molar-refractivity contribution in [2.45, 2.75) is 26.3 Å². The zero-order chi connectivity index (χ0) is 11.5. The zero-order valence-electron chi connectivity index (χ0n) is 9.70. The number of hydrogen-bond donors (Lipinski definition) is 2. The van der Waals surface area contributed by atoms with Crippen LogP contribution >= 0.6 is 0 Å². The summed E-state index contributed by atoms with van der Waals surface area (Å²) >= 11 is 0. The van der Waals surface area contributed by atoms with E-state index in [1.807, 2.05) is 25.1 Å². The SMILES string of the molecule is CCC(N)c1nc(-c2ccccc2)c(C)[nH]1. The van der Waals surface area contributed by atoms with E-state index in [2.05, 4.69) is 29.0 Å². The van der Waals surface area contributed by atoms with Gasteiger partial charge in [-0.05, 0) is 13.3 Å². The van der Waals surface area contributed by atoms with Crippen LogP contribution in [0.4, 0.5) is 0 Å². The smallest absolute Gasteiger partial charge is 0.123 e. The van der Waals surface area contributed by atoms with Crippen LogP contribution in [0.2, 0.25) is 0 Å². The monoisotopic (exact) mass is 215 g/mol. The molecule has 0 saturated heterocycles. The first kappa shape index (κ1) is 10.9. The first-order valence-corrected chi connectivity index (χ1v) is 5.60. The summed E-state index contributed by atoms with van der Waals surface area (Å²) in [6.07, 6.45) is 0.890. The summed E-state index contributed by atoms with van der Waals surface area (Å²) in [5, 5.41) is 0. The third kappa shape index (κ3) is 1.99. The summed E-state index contributed by atoms with van der Waals surface area (Å²) in [6.45, 7) is 4.09. The van der Waals surface area contributed by atoms with Crippen LogP contribution in [0, 0.1) is 6.92 Å². The van der Waals surface area contributed by atoms with E-state index in [1.54, 1.807) is 0 Å². The molecule has 0 saturated carbocycles. The van der Waals surface area contributed by atoms with Crippen LogP contribution in [0.5, 0.6) is 0 Å². The van der Waals surface area contributed by atoms with E-state index in [0.717, 1.165) is 29.2 Å². The molecule has 1 atom stereocenters. The Morgan fingerprint density at radius 3 is 2.62 bits per heavy atom. The van der Waals surface area contributed by atoms with E-state index in [4.69, 9.17) is 5.73 Å². The first-order chi connectivity index (χ1) is 7.72. The quantitative estimate of drug-likeness (QED) is 0.827. The van der Waals surface area contributed by atoms with Crippen molar-refractivity contribution in [3.05, 3.63) is 41.9 Å². The van der Waals surface area contributed by atoms with Crippen molar-refractivity contribution in [2.75, 3.05) is 0 Å². The van der Waals surface area contributed by atoms with Crippen LogP contribution in [0.15, 0.2) is 30.3 Å². The number of imidazole rings is 1. The lowest BCUT2D eigenvalue weighted by atomic mass is 10.1. The van der Waals surface area contributed by atoms with Gasteiger partial charge in [-0.1, -0.05) is 37.3 Å². The fourth-order valence-electron chi connectivity index (χ4n) is 1.73. The zero-order valence-corrected chi connectivity index (χ0v) is 9.70. The number of hydrogen-bond acceptors (Lipinski definition) is 2. The second-order valence-electron chi connectivity index (χ2n) is 3.98. The lowest BCUT2D eigenvalue weighted by Gasteiger charge is -2.02. The van der Waals surface area contributed by atoms with E-state index < -0.39 is 0 Å². The minimum atomic E-state index is -0.00355. The van der Waals surface area contributed by atoms with Crippen molar-refractivity contribution >= 4 is 0 Å². The van der Waals surface area contributed by atoms with E-state index in [1.165, 1.54) is 0 Å². The summed E-state index contributed by atoms with van der Waals surface area (Å²) in [4.78, 5) is 7.83. The topological polar surface area (TPSA) is 54.7 Å². The van der Waals surface area contributed by atoms with Crippen LogP contribution in [0.3, 0.4) is 0 Å². The Labute approximate surface area is 95.7 Å². The average Bonchev–Trinajstić information content (AvgIpc) is 2.71. The summed E-state index contributed by atoms with van der Waals surface area (Å²) in [5.41, 5.74) is 9.16. The minimum Gasteiger partial charge on any atom is -0.344 e. The van der Waals surface area contributed by atoms with Crippen LogP contribution in [-0.4, -0.2) is 9.97 Å². The third-order valence-corrected chi connectivity index (χ3v) is 2.74. The lowest BCUT2D eigenvalue weighted by Crippen LogP contribution is -2.10. The number of aryl methyl sites for hydroxylation is 1. The number of H-pyrrole nitrogens is 1. The molecular weight excluding hydrogens is 198 g/mol. The molecule has 0 aliphatic rings. The van der Waals surface area contributed by atoms with Gasteiger partial charge in [0.05, 0.1) is 11.7 Å². The summed E-state index contributed by atoms with van der Waals surface area (Å²) in [6, 6.07) is 10.2. The maximum atomic E-state index is 5.96. The molecule has 0 aliphatic carbocycles. The van der Waals surface area contributed by atoms with Crippen molar-refractivity contribution in [2.24, 2.45) is 5.73 Å². The molecule has 1 aromatic heterocycles. The standard InChI is InChI=1S/C13H17N3/c1-3-11(14)13-15-9(2)12(16-13)10-7-5-4-6-8-10/h4-8,11H,3,14H2,1-2H3,(H,15,16). The van der Waals surface area contributed by atoms with Gasteiger partial charge in [0.15, 0.2) is 0 Å². The average molecular weight is 215 g/mol. The van der Waals surface area contributed by atoms with Gasteiger partial charge < -0.3 is 10.7 Å². The predicted octanol–water partition coefficient (Wildman–Crippen LogP) is 2.79. The molecule has 2 aromatic rings. The van der Waals surface area contributed by atoms with Crippen molar-refractivity contribution in [1.82, 2.24) is 9.97 Å². The number of nitrogens with two attached hydrogens (primary N) is 1. The summed E-state index contributed by atoms with van der Waals surface area (Å²) in [7, 11) is 0. The number of benzene rings is 1. The fraction of sp³-hybridized carbons (Fsp3) is 0.308. The molecular formula is C13H17N3. The highest BCUT2D eigenvalue weighted by Crippen LogP contribution is 2.22. The Balaban J connectivity index is 2.40. The second kappa shape index (κ2) is 4.49. The number of nitrogens with one attached hydrogen (secondary N) is 1. The molecule has 0 amide bonds. The Bertz CT molecular complexity index is 459. The molecule has 0 radical (unpaired) electrons. The molecule has 1 aromatic carbocycles. The highest BCUT2D eigenvalue weighted by Gasteiger charge is 2.12. The van der Waals surface area contributed by atoms with E-state index in [0.29, 0.717) is 0 Å². The van der Waals surface area contributed by atoms with Crippen LogP contribution < -0.4 is 5.73 Å². The summed E-state index contributed by atoms with van der Waals surface area (Å²) < 4.78 is 0. The van der Waals surface area contributed by atoms with Crippen molar-refractivity contribution < 1.29 is 0 Å². The van der Waals surface area contributed by atoms with Crippen molar-refractivity contribution in [1.29, 1.82) is 0 Å². The Hall–Kier alpha value is -1.61. The van der Waals surface area contributed by atoms with E-state index >= 15 is 0 Å². The van der Waals surface area contributed by atoms with Gasteiger partial charge >= 0.3 is 0 Å². The Morgan fingerprint density at radius 1 is 1.31 bits per heavy atom. The number of rotatable bonds is 3. The van der Waals surface area contributed by atoms with Crippen LogP contribution in [0.25, 0.3) is 11.3 Å². The number of nitrogens with zero attached hydrogens (tertiary/aromatic N) is 1. The first-order valence-electron chi connectivity index (χ1n) is 5.60. The number of aromatic nitrogens is 2. The van der Waals surface area contributed by atoms with Crippen molar-refractivity contribution in [3.63, 3.8) is 0 Å². The molecule has 3 N–H and O–H groups in total. The molecule has 0 fully saturated rings. The van der Waals surface area contributed by atoms with Gasteiger partial charge in [-0.25, -0.2) is 4.98 Å². The van der Waals surface area contributed by atoms with Crippen molar-refractivity contribution in [3.8, 4) is 11.3 Å². The van der Waals surface area contributed by atoms with Gasteiger partial charge in [0.2, 0.25) is 0 Å². The van der Waals surface area contributed by atoms with E-state index in [9.17, 15) is 0 Å². The molecule has 84 valence electrons. The van der Waals surface area contributed by atoms with Gasteiger partial charge in [0.25, 0.3) is 0 Å². The van der Waals surface area contributed by atoms with Crippen LogP contribution in [0.1, 0.15) is 30.9 Å². The van der Waals surface area contributed by atoms with Gasteiger partial charge in [0.1, 0.15) is 5.82 Å². The van der Waals surface area contributed by atoms with Gasteiger partial charge in [-0.3, -0.25) is 0 Å². The molecule has 0 spiro atoms. The number of aromatic amines is 1. The fourth-order valence-corrected chi connectivity index (χ4v) is 1.73. The third-order valence-electron chi connectivity index (χ3n) is 2.74. The Morgan fingerprint density at radius 2 is 2.00 bits per heavy atom. The van der Waals surface area contributed by atoms with E-state index in [-0.39, 0.29) is 6.04 Å². The highest BCUT2D eigenvalue weighted by molar-refractivity contribution is 5.61. The summed E-state index contributed by atoms with van der Waals surface area (Å²) in [5.74, 6) is 0.874. The maximum Gasteiger partial charge on any atom is 0.123 e. The largest absolute Gasteiger partial charge is 0.344 e. The molecule has 0 bridgehead atoms. The molecule has 1 unspecified atom stereocenters.